The molecule has 1 aromatic heterocycles. The molecule has 1 heterocycles. The number of nitrogens with zero attached hydrogens (tertiary/aromatic N) is 3. The van der Waals surface area contributed by atoms with Crippen LogP contribution in [0, 0.1) is 0 Å². The van der Waals surface area contributed by atoms with Crippen LogP contribution in [0.15, 0.2) is 54.7 Å². The maximum atomic E-state index is 13.2. The van der Waals surface area contributed by atoms with E-state index in [9.17, 15) is 19.2 Å². The summed E-state index contributed by atoms with van der Waals surface area (Å²) < 4.78 is 0. The lowest BCUT2D eigenvalue weighted by molar-refractivity contribution is -0.136. The second-order valence-electron chi connectivity index (χ2n) is 9.45. The van der Waals surface area contributed by atoms with Gasteiger partial charge in [-0.05, 0) is 62.2 Å². The van der Waals surface area contributed by atoms with Crippen LogP contribution in [0.25, 0.3) is 0 Å². The number of aromatic nitrogens is 2. The highest BCUT2D eigenvalue weighted by Crippen LogP contribution is 2.21. The predicted octanol–water partition coefficient (Wildman–Crippen LogP) is 4.35. The van der Waals surface area contributed by atoms with Crippen molar-refractivity contribution in [3.8, 4) is 0 Å². The van der Waals surface area contributed by atoms with Crippen LogP contribution in [0.4, 0.5) is 28.8 Å². The second-order valence-corrected chi connectivity index (χ2v) is 10.2. The molecule has 1 atom stereocenters. The molecule has 0 unspecified atom stereocenters. The molecule has 6 N–H and O–H groups in total. The minimum Gasteiger partial charge on any atom is -0.369 e. The number of halogens is 1. The number of likely N-dealkylation sites (N-methyl/N-ethyl adjacent to an activating group) is 1. The van der Waals surface area contributed by atoms with Gasteiger partial charge >= 0.3 is 0 Å². The third-order valence-corrected chi connectivity index (χ3v) is 6.83. The first-order valence-corrected chi connectivity index (χ1v) is 14.6. The monoisotopic (exact) mass is 638 g/mol. The predicted molar refractivity (Wildman–Crippen MR) is 167 cm³/mol. The number of hydrogen-bond donors (Lipinski definition) is 5. The highest BCUT2D eigenvalue weighted by Gasteiger charge is 2.22. The third-order valence-electron chi connectivity index (χ3n) is 6.27. The van der Waals surface area contributed by atoms with Crippen molar-refractivity contribution in [1.82, 2.24) is 14.9 Å². The zero-order chi connectivity index (χ0) is 30.6. The van der Waals surface area contributed by atoms with E-state index in [2.05, 4.69) is 47.2 Å². The van der Waals surface area contributed by atoms with Gasteiger partial charge in [0.25, 0.3) is 5.91 Å². The van der Waals surface area contributed by atoms with Crippen molar-refractivity contribution in [3.63, 3.8) is 0 Å². The molecule has 0 radical (unpaired) electrons. The van der Waals surface area contributed by atoms with Crippen LogP contribution in [-0.2, 0) is 9.59 Å². The molecule has 0 aliphatic heterocycles. The molecule has 0 spiro atoms. The lowest BCUT2D eigenvalue weighted by atomic mass is 10.2. The number of amides is 4. The smallest absolute Gasteiger partial charge is 0.260 e. The summed E-state index contributed by atoms with van der Waals surface area (Å²) in [5.41, 5.74) is 7.45. The molecule has 2 aromatic carbocycles. The molecule has 0 saturated carbocycles. The van der Waals surface area contributed by atoms with Crippen molar-refractivity contribution in [3.05, 3.63) is 65.9 Å². The molecular weight excluding hydrogens is 604 g/mol. The molecule has 3 rings (SSSR count). The lowest BCUT2D eigenvalue weighted by Gasteiger charge is -2.24. The minimum absolute atomic E-state index is 0.116. The summed E-state index contributed by atoms with van der Waals surface area (Å²) in [6.07, 6.45) is 3.25. The fourth-order valence-corrected chi connectivity index (χ4v) is 4.02. The molecule has 0 bridgehead atoms. The van der Waals surface area contributed by atoms with Crippen molar-refractivity contribution < 1.29 is 19.2 Å². The average molecular weight is 640 g/mol. The molecular formula is C29H35BrN8O4. The largest absolute Gasteiger partial charge is 0.369 e. The summed E-state index contributed by atoms with van der Waals surface area (Å²) in [7, 11) is 1.60. The number of rotatable bonds is 14. The summed E-state index contributed by atoms with van der Waals surface area (Å²) in [5.74, 6) is -0.838. The van der Waals surface area contributed by atoms with Crippen LogP contribution in [-0.4, -0.2) is 63.5 Å². The van der Waals surface area contributed by atoms with Gasteiger partial charge in [0, 0.05) is 54.2 Å². The van der Waals surface area contributed by atoms with E-state index in [-0.39, 0.29) is 23.3 Å². The SMILES string of the molecule is CCCNc1nc(Nc2ccc(C(N)=O)cc2)ncc1C(=O)Nc1cccc(NC(=O)[C@H](C)N(C)C(=O)CCCBr)c1. The maximum Gasteiger partial charge on any atom is 0.260 e. The minimum atomic E-state index is -0.677. The van der Waals surface area contributed by atoms with E-state index in [0.29, 0.717) is 53.2 Å². The number of nitrogens with one attached hydrogen (secondary N) is 4. The van der Waals surface area contributed by atoms with Gasteiger partial charge in [0.2, 0.25) is 23.7 Å². The Hall–Kier alpha value is -4.52. The van der Waals surface area contributed by atoms with Crippen molar-refractivity contribution in [1.29, 1.82) is 0 Å². The van der Waals surface area contributed by atoms with Crippen LogP contribution in [0.2, 0.25) is 0 Å². The van der Waals surface area contributed by atoms with E-state index < -0.39 is 17.9 Å². The molecule has 0 aliphatic rings. The number of primary amides is 1. The Balaban J connectivity index is 1.71. The van der Waals surface area contributed by atoms with E-state index in [1.165, 1.54) is 11.1 Å². The molecule has 4 amide bonds. The van der Waals surface area contributed by atoms with Crippen LogP contribution in [0.1, 0.15) is 53.8 Å². The van der Waals surface area contributed by atoms with Gasteiger partial charge in [-0.15, -0.1) is 0 Å². The van der Waals surface area contributed by atoms with Crippen LogP contribution >= 0.6 is 15.9 Å². The number of hydrogen-bond acceptors (Lipinski definition) is 8. The standard InChI is InChI=1S/C29H35BrN8O4/c1-4-15-32-26-23(17-33-29(37-26)36-20-12-10-19(11-13-20)25(31)40)28(42)35-22-8-5-7-21(16-22)34-27(41)18(2)38(3)24(39)9-6-14-30/h5,7-8,10-13,16-18H,4,6,9,14-15H2,1-3H3,(H2,31,40)(H,34,41)(H,35,42)(H2,32,33,36,37)/t18-/m0/s1. The van der Waals surface area contributed by atoms with Gasteiger partial charge in [-0.2, -0.15) is 4.98 Å². The molecule has 13 heteroatoms. The Morgan fingerprint density at radius 2 is 1.71 bits per heavy atom. The van der Waals surface area contributed by atoms with E-state index >= 15 is 0 Å². The van der Waals surface area contributed by atoms with Gasteiger partial charge in [-0.25, -0.2) is 4.98 Å². The van der Waals surface area contributed by atoms with Gasteiger partial charge in [-0.3, -0.25) is 19.2 Å². The molecule has 222 valence electrons. The quantitative estimate of drug-likeness (QED) is 0.162. The van der Waals surface area contributed by atoms with Gasteiger partial charge in [0.15, 0.2) is 0 Å². The van der Waals surface area contributed by atoms with Gasteiger partial charge in [-0.1, -0.05) is 28.9 Å². The Bertz CT molecular complexity index is 1420. The fraction of sp³-hybridized carbons (Fsp3) is 0.310. The topological polar surface area (TPSA) is 171 Å². The number of carbonyl (C=O) groups excluding carboxylic acids is 4. The summed E-state index contributed by atoms with van der Waals surface area (Å²) in [6, 6.07) is 12.6. The molecule has 12 nitrogen and oxygen atoms in total. The lowest BCUT2D eigenvalue weighted by Crippen LogP contribution is -2.43. The van der Waals surface area contributed by atoms with Gasteiger partial charge in [0.05, 0.1) is 0 Å². The van der Waals surface area contributed by atoms with Crippen molar-refractivity contribution in [2.24, 2.45) is 5.73 Å². The first kappa shape index (κ1) is 32.0. The molecule has 0 saturated heterocycles. The summed E-state index contributed by atoms with van der Waals surface area (Å²) in [6.45, 7) is 4.23. The van der Waals surface area contributed by atoms with Crippen LogP contribution < -0.4 is 27.0 Å². The highest BCUT2D eigenvalue weighted by molar-refractivity contribution is 9.09. The Labute approximate surface area is 253 Å². The van der Waals surface area contributed by atoms with Gasteiger partial charge < -0.3 is 31.9 Å². The van der Waals surface area contributed by atoms with Crippen LogP contribution in [0.3, 0.4) is 0 Å². The first-order chi connectivity index (χ1) is 20.1. The van der Waals surface area contributed by atoms with E-state index in [1.807, 2.05) is 6.92 Å². The summed E-state index contributed by atoms with van der Waals surface area (Å²) in [4.78, 5) is 59.8. The van der Waals surface area contributed by atoms with Crippen LogP contribution in [0.5, 0.6) is 0 Å². The Kier molecular flexibility index (Phi) is 11.8. The molecule has 42 heavy (non-hydrogen) atoms. The normalized spacial score (nSPS) is 11.2. The first-order valence-electron chi connectivity index (χ1n) is 13.4. The third kappa shape index (κ3) is 8.99. The highest BCUT2D eigenvalue weighted by atomic mass is 79.9. The zero-order valence-corrected chi connectivity index (χ0v) is 25.3. The van der Waals surface area contributed by atoms with E-state index in [1.54, 1.807) is 62.5 Å². The summed E-state index contributed by atoms with van der Waals surface area (Å²) in [5, 5.41) is 12.5. The average Bonchev–Trinajstić information content (AvgIpc) is 2.98. The van der Waals surface area contributed by atoms with Crippen molar-refractivity contribution in [2.45, 2.75) is 39.2 Å². The molecule has 0 aliphatic carbocycles. The van der Waals surface area contributed by atoms with E-state index in [0.717, 1.165) is 6.42 Å². The number of alkyl halides is 1. The second kappa shape index (κ2) is 15.5. The number of nitrogens with two attached hydrogens (primary N) is 1. The fourth-order valence-electron chi connectivity index (χ4n) is 3.74. The maximum absolute atomic E-state index is 13.2. The summed E-state index contributed by atoms with van der Waals surface area (Å²) >= 11 is 3.31. The Morgan fingerprint density at radius 3 is 2.36 bits per heavy atom. The Morgan fingerprint density at radius 1 is 1.02 bits per heavy atom. The molecule has 0 fully saturated rings. The number of benzene rings is 2. The van der Waals surface area contributed by atoms with E-state index in [4.69, 9.17) is 5.73 Å². The van der Waals surface area contributed by atoms with Crippen molar-refractivity contribution >= 4 is 68.4 Å². The number of carbonyl (C=O) groups is 4. The molecule has 3 aromatic rings. The van der Waals surface area contributed by atoms with Gasteiger partial charge in [0.1, 0.15) is 17.4 Å². The number of anilines is 5. The van der Waals surface area contributed by atoms with Crippen molar-refractivity contribution in [2.75, 3.05) is 40.2 Å². The zero-order valence-electron chi connectivity index (χ0n) is 23.7.